The van der Waals surface area contributed by atoms with Crippen molar-refractivity contribution in [1.29, 1.82) is 0 Å². The van der Waals surface area contributed by atoms with E-state index in [0.29, 0.717) is 38.2 Å². The number of hydrogen-bond donors (Lipinski definition) is 1. The molecule has 6 nitrogen and oxygen atoms in total. The van der Waals surface area contributed by atoms with Gasteiger partial charge in [0.1, 0.15) is 11.9 Å². The standard InChI is InChI=1S/C33H39FN4O2/c1-25-8-12-28(13-9-25)32(39)38-24-30(22-31(38)33(40)36-19-5-17-35-18-21-36)37(20-16-26-6-3-2-4-7-26)23-27-10-14-29(34)15-11-27/h2-4,6-15,30-31,35H,5,16-24H2,1H3. The third kappa shape index (κ3) is 6.95. The fourth-order valence-electron chi connectivity index (χ4n) is 5.81. The van der Waals surface area contributed by atoms with Crippen LogP contribution in [0.1, 0.15) is 39.9 Å². The van der Waals surface area contributed by atoms with Crippen LogP contribution in [0.3, 0.4) is 0 Å². The molecule has 2 unspecified atom stereocenters. The van der Waals surface area contributed by atoms with Gasteiger partial charge in [0.15, 0.2) is 0 Å². The highest BCUT2D eigenvalue weighted by Crippen LogP contribution is 2.28. The van der Waals surface area contributed by atoms with E-state index in [1.165, 1.54) is 17.7 Å². The predicted octanol–water partition coefficient (Wildman–Crippen LogP) is 4.28. The second-order valence-corrected chi connectivity index (χ2v) is 11.0. The summed E-state index contributed by atoms with van der Waals surface area (Å²) in [6.45, 7) is 6.89. The van der Waals surface area contributed by atoms with Crippen LogP contribution < -0.4 is 5.32 Å². The van der Waals surface area contributed by atoms with Crippen molar-refractivity contribution >= 4 is 11.8 Å². The molecule has 1 N–H and O–H groups in total. The van der Waals surface area contributed by atoms with Gasteiger partial charge in [-0.15, -0.1) is 0 Å². The summed E-state index contributed by atoms with van der Waals surface area (Å²) in [6, 6.07) is 24.1. The average molecular weight is 543 g/mol. The Morgan fingerprint density at radius 1 is 0.925 bits per heavy atom. The minimum atomic E-state index is -0.510. The summed E-state index contributed by atoms with van der Waals surface area (Å²) >= 11 is 0. The Labute approximate surface area is 236 Å². The number of likely N-dealkylation sites (tertiary alicyclic amines) is 1. The van der Waals surface area contributed by atoms with Crippen LogP contribution in [0.15, 0.2) is 78.9 Å². The van der Waals surface area contributed by atoms with Gasteiger partial charge in [-0.2, -0.15) is 0 Å². The first-order chi connectivity index (χ1) is 19.5. The molecule has 3 aromatic rings. The predicted molar refractivity (Wildman–Crippen MR) is 155 cm³/mol. The number of aryl methyl sites for hydroxylation is 1. The van der Waals surface area contributed by atoms with Crippen LogP contribution in [0.5, 0.6) is 0 Å². The van der Waals surface area contributed by atoms with Crippen molar-refractivity contribution in [3.8, 4) is 0 Å². The summed E-state index contributed by atoms with van der Waals surface area (Å²) in [7, 11) is 0. The highest BCUT2D eigenvalue weighted by atomic mass is 19.1. The number of hydrogen-bond acceptors (Lipinski definition) is 4. The molecule has 2 fully saturated rings. The highest BCUT2D eigenvalue weighted by Gasteiger charge is 2.43. The third-order valence-corrected chi connectivity index (χ3v) is 8.12. The normalized spacial score (nSPS) is 19.6. The molecule has 0 aliphatic carbocycles. The lowest BCUT2D eigenvalue weighted by atomic mass is 10.1. The summed E-state index contributed by atoms with van der Waals surface area (Å²) in [5.74, 6) is -0.317. The summed E-state index contributed by atoms with van der Waals surface area (Å²) in [4.78, 5) is 33.9. The lowest BCUT2D eigenvalue weighted by molar-refractivity contribution is -0.135. The van der Waals surface area contributed by atoms with E-state index < -0.39 is 6.04 Å². The zero-order valence-electron chi connectivity index (χ0n) is 23.3. The smallest absolute Gasteiger partial charge is 0.254 e. The number of carbonyl (C=O) groups is 2. The van der Waals surface area contributed by atoms with Crippen LogP contribution in [-0.2, 0) is 17.8 Å². The van der Waals surface area contributed by atoms with Crippen molar-refractivity contribution in [1.82, 2.24) is 20.0 Å². The Bertz CT molecular complexity index is 1260. The second-order valence-electron chi connectivity index (χ2n) is 11.0. The minimum absolute atomic E-state index is 0.00205. The molecule has 2 saturated heterocycles. The molecule has 40 heavy (non-hydrogen) atoms. The maximum absolute atomic E-state index is 13.9. The van der Waals surface area contributed by atoms with Crippen LogP contribution in [0.4, 0.5) is 4.39 Å². The van der Waals surface area contributed by atoms with Gasteiger partial charge in [-0.25, -0.2) is 4.39 Å². The topological polar surface area (TPSA) is 55.9 Å². The van der Waals surface area contributed by atoms with Crippen LogP contribution >= 0.6 is 0 Å². The largest absolute Gasteiger partial charge is 0.340 e. The molecule has 0 aromatic heterocycles. The maximum Gasteiger partial charge on any atom is 0.254 e. The zero-order chi connectivity index (χ0) is 27.9. The number of rotatable bonds is 8. The van der Waals surface area contributed by atoms with Crippen molar-refractivity contribution in [2.24, 2.45) is 0 Å². The number of halogens is 1. The third-order valence-electron chi connectivity index (χ3n) is 8.12. The summed E-state index contributed by atoms with van der Waals surface area (Å²) in [5, 5.41) is 3.37. The van der Waals surface area contributed by atoms with Crippen LogP contribution in [-0.4, -0.2) is 77.9 Å². The van der Waals surface area contributed by atoms with Crippen LogP contribution in [0, 0.1) is 12.7 Å². The molecule has 2 atom stereocenters. The Hall–Kier alpha value is -3.55. The van der Waals surface area contributed by atoms with E-state index in [0.717, 1.165) is 43.6 Å². The molecule has 2 amide bonds. The number of nitrogens with one attached hydrogen (secondary N) is 1. The molecule has 210 valence electrons. The van der Waals surface area contributed by atoms with E-state index in [4.69, 9.17) is 0 Å². The van der Waals surface area contributed by atoms with Gasteiger partial charge in [0.05, 0.1) is 0 Å². The minimum Gasteiger partial charge on any atom is -0.340 e. The van der Waals surface area contributed by atoms with Gasteiger partial charge in [-0.05, 0) is 68.1 Å². The SMILES string of the molecule is Cc1ccc(C(=O)N2CC(N(CCc3ccccc3)Cc3ccc(F)cc3)CC2C(=O)N2CCCNCC2)cc1. The first-order valence-electron chi connectivity index (χ1n) is 14.4. The summed E-state index contributed by atoms with van der Waals surface area (Å²) < 4.78 is 13.7. The van der Waals surface area contributed by atoms with Gasteiger partial charge in [0.25, 0.3) is 5.91 Å². The highest BCUT2D eigenvalue weighted by molar-refractivity contribution is 5.98. The van der Waals surface area contributed by atoms with Gasteiger partial charge >= 0.3 is 0 Å². The fourth-order valence-corrected chi connectivity index (χ4v) is 5.81. The monoisotopic (exact) mass is 542 g/mol. The van der Waals surface area contributed by atoms with Crippen molar-refractivity contribution < 1.29 is 14.0 Å². The Balaban J connectivity index is 1.41. The number of benzene rings is 3. The Kier molecular flexibility index (Phi) is 9.24. The lowest BCUT2D eigenvalue weighted by Gasteiger charge is -2.29. The molecule has 0 spiro atoms. The molecule has 3 aromatic carbocycles. The van der Waals surface area contributed by atoms with E-state index >= 15 is 0 Å². The van der Waals surface area contributed by atoms with Crippen molar-refractivity contribution in [2.75, 3.05) is 39.3 Å². The maximum atomic E-state index is 13.9. The molecule has 0 saturated carbocycles. The number of nitrogens with zero attached hydrogens (tertiary/aromatic N) is 3. The zero-order valence-corrected chi connectivity index (χ0v) is 23.3. The van der Waals surface area contributed by atoms with E-state index in [2.05, 4.69) is 22.3 Å². The van der Waals surface area contributed by atoms with Gasteiger partial charge < -0.3 is 15.1 Å². The van der Waals surface area contributed by atoms with E-state index in [9.17, 15) is 14.0 Å². The average Bonchev–Trinajstić information content (AvgIpc) is 3.24. The molecular weight excluding hydrogens is 503 g/mol. The molecular formula is C33H39FN4O2. The van der Waals surface area contributed by atoms with Crippen molar-refractivity contribution in [3.05, 3.63) is 107 Å². The lowest BCUT2D eigenvalue weighted by Crippen LogP contribution is -2.48. The molecule has 2 aliphatic rings. The molecule has 7 heteroatoms. The molecule has 0 radical (unpaired) electrons. The number of amides is 2. The first-order valence-corrected chi connectivity index (χ1v) is 14.4. The van der Waals surface area contributed by atoms with Crippen molar-refractivity contribution in [2.45, 2.75) is 44.8 Å². The summed E-state index contributed by atoms with van der Waals surface area (Å²) in [5.41, 5.74) is 3.95. The molecule has 2 aliphatic heterocycles. The van der Waals surface area contributed by atoms with Gasteiger partial charge in [-0.3, -0.25) is 14.5 Å². The molecule has 0 bridgehead atoms. The quantitative estimate of drug-likeness (QED) is 0.462. The molecule has 2 heterocycles. The molecule has 5 rings (SSSR count). The first kappa shape index (κ1) is 28.0. The number of carbonyl (C=O) groups excluding carboxylic acids is 2. The van der Waals surface area contributed by atoms with Gasteiger partial charge in [-0.1, -0.05) is 60.2 Å². The summed E-state index contributed by atoms with van der Waals surface area (Å²) in [6.07, 6.45) is 2.33. The van der Waals surface area contributed by atoms with E-state index in [-0.39, 0.29) is 23.7 Å². The van der Waals surface area contributed by atoms with Crippen LogP contribution in [0.25, 0.3) is 0 Å². The fraction of sp³-hybridized carbons (Fsp3) is 0.394. The van der Waals surface area contributed by atoms with Crippen LogP contribution in [0.2, 0.25) is 0 Å². The van der Waals surface area contributed by atoms with E-state index in [1.54, 1.807) is 4.90 Å². The van der Waals surface area contributed by atoms with Gasteiger partial charge in [0.2, 0.25) is 5.91 Å². The Morgan fingerprint density at radius 2 is 1.68 bits per heavy atom. The van der Waals surface area contributed by atoms with Gasteiger partial charge in [0, 0.05) is 50.9 Å². The van der Waals surface area contributed by atoms with E-state index in [1.807, 2.05) is 66.4 Å². The second kappa shape index (κ2) is 13.2. The Morgan fingerprint density at radius 3 is 2.42 bits per heavy atom. The van der Waals surface area contributed by atoms with Crippen molar-refractivity contribution in [3.63, 3.8) is 0 Å².